The molecule has 1 N–H and O–H groups in total. The smallest absolute Gasteiger partial charge is 0.339 e. The van der Waals surface area contributed by atoms with E-state index in [1.165, 1.54) is 19.2 Å². The van der Waals surface area contributed by atoms with Gasteiger partial charge in [-0.25, -0.2) is 9.18 Å². The zero-order valence-corrected chi connectivity index (χ0v) is 13.7. The predicted molar refractivity (Wildman–Crippen MR) is 89.4 cm³/mol. The van der Waals surface area contributed by atoms with Gasteiger partial charge in [-0.05, 0) is 62.1 Å². The van der Waals surface area contributed by atoms with Gasteiger partial charge in [-0.15, -0.1) is 0 Å². The van der Waals surface area contributed by atoms with Gasteiger partial charge >= 0.3 is 5.97 Å². The molecule has 0 saturated carbocycles. The average molecular weight is 328 g/mol. The number of ether oxygens (including phenoxy) is 1. The SMILES string of the molecule is COC(=O)c1ccc(C2CCCN2)nc1CCc1ccc(F)cc1. The Hall–Kier alpha value is -2.27. The summed E-state index contributed by atoms with van der Waals surface area (Å²) in [5, 5.41) is 3.42. The second kappa shape index (κ2) is 7.53. The number of nitrogens with one attached hydrogen (secondary N) is 1. The number of methoxy groups -OCH3 is 1. The number of halogens is 1. The maximum atomic E-state index is 13.0. The van der Waals surface area contributed by atoms with Gasteiger partial charge in [-0.2, -0.15) is 0 Å². The molecule has 0 spiro atoms. The monoisotopic (exact) mass is 328 g/mol. The number of esters is 1. The zero-order valence-electron chi connectivity index (χ0n) is 13.7. The van der Waals surface area contributed by atoms with Gasteiger partial charge in [0.05, 0.1) is 24.1 Å². The van der Waals surface area contributed by atoms with E-state index in [1.807, 2.05) is 6.07 Å². The molecule has 3 rings (SSSR count). The number of carbonyl (C=O) groups excluding carboxylic acids is 1. The third kappa shape index (κ3) is 3.79. The molecule has 126 valence electrons. The third-order valence-corrected chi connectivity index (χ3v) is 4.38. The molecule has 1 atom stereocenters. The summed E-state index contributed by atoms with van der Waals surface area (Å²) in [5.41, 5.74) is 3.21. The van der Waals surface area contributed by atoms with Crippen molar-refractivity contribution < 1.29 is 13.9 Å². The molecule has 0 radical (unpaired) electrons. The summed E-state index contributed by atoms with van der Waals surface area (Å²) in [6.07, 6.45) is 3.49. The Bertz CT molecular complexity index is 710. The molecule has 2 aromatic rings. The van der Waals surface area contributed by atoms with Crippen LogP contribution in [0.5, 0.6) is 0 Å². The number of carbonyl (C=O) groups is 1. The number of benzene rings is 1. The van der Waals surface area contributed by atoms with Crippen molar-refractivity contribution in [2.24, 2.45) is 0 Å². The van der Waals surface area contributed by atoms with Crippen LogP contribution in [0.4, 0.5) is 4.39 Å². The number of nitrogens with zero attached hydrogens (tertiary/aromatic N) is 1. The molecule has 4 nitrogen and oxygen atoms in total. The molecular formula is C19H21FN2O2. The molecule has 1 unspecified atom stereocenters. The standard InChI is InChI=1S/C19H21FN2O2/c1-24-19(23)15-9-11-18(17-3-2-12-21-17)22-16(15)10-6-13-4-7-14(20)8-5-13/h4-5,7-9,11,17,21H,2-3,6,10,12H2,1H3. The minimum atomic E-state index is -0.373. The first-order valence-corrected chi connectivity index (χ1v) is 8.23. The average Bonchev–Trinajstić information content (AvgIpc) is 3.15. The zero-order chi connectivity index (χ0) is 16.9. The predicted octanol–water partition coefficient (Wildman–Crippen LogP) is 3.22. The van der Waals surface area contributed by atoms with Crippen molar-refractivity contribution >= 4 is 5.97 Å². The van der Waals surface area contributed by atoms with E-state index in [4.69, 9.17) is 9.72 Å². The van der Waals surface area contributed by atoms with E-state index in [2.05, 4.69) is 5.32 Å². The molecule has 0 bridgehead atoms. The molecule has 1 aliphatic heterocycles. The van der Waals surface area contributed by atoms with E-state index in [9.17, 15) is 9.18 Å². The quantitative estimate of drug-likeness (QED) is 0.856. The van der Waals surface area contributed by atoms with Crippen molar-refractivity contribution in [2.45, 2.75) is 31.7 Å². The Kier molecular flexibility index (Phi) is 5.20. The van der Waals surface area contributed by atoms with Crippen molar-refractivity contribution in [3.8, 4) is 0 Å². The fourth-order valence-electron chi connectivity index (χ4n) is 3.05. The van der Waals surface area contributed by atoms with Crippen LogP contribution < -0.4 is 5.32 Å². The molecule has 5 heteroatoms. The van der Waals surface area contributed by atoms with Gasteiger partial charge in [0.1, 0.15) is 5.82 Å². The maximum Gasteiger partial charge on any atom is 0.339 e. The summed E-state index contributed by atoms with van der Waals surface area (Å²) in [6, 6.07) is 10.4. The van der Waals surface area contributed by atoms with Crippen molar-refractivity contribution in [2.75, 3.05) is 13.7 Å². The summed E-state index contributed by atoms with van der Waals surface area (Å²) in [7, 11) is 1.37. The normalized spacial score (nSPS) is 17.0. The van der Waals surface area contributed by atoms with Gasteiger partial charge < -0.3 is 10.1 Å². The Balaban J connectivity index is 1.82. The number of hydrogen-bond donors (Lipinski definition) is 1. The minimum Gasteiger partial charge on any atom is -0.465 e. The Labute approximate surface area is 141 Å². The third-order valence-electron chi connectivity index (χ3n) is 4.38. The number of hydrogen-bond acceptors (Lipinski definition) is 4. The van der Waals surface area contributed by atoms with Gasteiger partial charge in [-0.3, -0.25) is 4.98 Å². The highest BCUT2D eigenvalue weighted by molar-refractivity contribution is 5.90. The minimum absolute atomic E-state index is 0.249. The number of rotatable bonds is 5. The molecule has 1 aromatic carbocycles. The number of aromatic nitrogens is 1. The van der Waals surface area contributed by atoms with Crippen LogP contribution in [0.3, 0.4) is 0 Å². The maximum absolute atomic E-state index is 13.0. The largest absolute Gasteiger partial charge is 0.465 e. The van der Waals surface area contributed by atoms with E-state index in [0.717, 1.165) is 36.3 Å². The summed E-state index contributed by atoms with van der Waals surface area (Å²) in [5.74, 6) is -0.621. The number of aryl methyl sites for hydroxylation is 2. The molecule has 0 amide bonds. The second-order valence-corrected chi connectivity index (χ2v) is 6.00. The summed E-state index contributed by atoms with van der Waals surface area (Å²) in [4.78, 5) is 16.7. The first kappa shape index (κ1) is 16.6. The molecule has 2 heterocycles. The van der Waals surface area contributed by atoms with E-state index in [-0.39, 0.29) is 17.8 Å². The number of pyridine rings is 1. The Morgan fingerprint density at radius 1 is 1.25 bits per heavy atom. The summed E-state index contributed by atoms with van der Waals surface area (Å²) in [6.45, 7) is 0.996. The van der Waals surface area contributed by atoms with Crippen LogP contribution in [0, 0.1) is 5.82 Å². The lowest BCUT2D eigenvalue weighted by Crippen LogP contribution is -2.17. The van der Waals surface area contributed by atoms with Crippen LogP contribution in [0.1, 0.15) is 46.2 Å². The van der Waals surface area contributed by atoms with Crippen molar-refractivity contribution in [1.82, 2.24) is 10.3 Å². The Morgan fingerprint density at radius 2 is 2.04 bits per heavy atom. The highest BCUT2D eigenvalue weighted by atomic mass is 19.1. The van der Waals surface area contributed by atoms with Gasteiger partial charge in [0, 0.05) is 6.04 Å². The summed E-state index contributed by atoms with van der Waals surface area (Å²) < 4.78 is 17.9. The van der Waals surface area contributed by atoms with E-state index >= 15 is 0 Å². The Morgan fingerprint density at radius 3 is 2.71 bits per heavy atom. The van der Waals surface area contributed by atoms with Crippen LogP contribution in [0.15, 0.2) is 36.4 Å². The van der Waals surface area contributed by atoms with Gasteiger partial charge in [-0.1, -0.05) is 12.1 Å². The lowest BCUT2D eigenvalue weighted by atomic mass is 10.0. The van der Waals surface area contributed by atoms with Crippen molar-refractivity contribution in [3.63, 3.8) is 0 Å². The van der Waals surface area contributed by atoms with E-state index < -0.39 is 0 Å². The topological polar surface area (TPSA) is 51.2 Å². The molecule has 1 aliphatic rings. The van der Waals surface area contributed by atoms with E-state index in [1.54, 1.807) is 18.2 Å². The van der Waals surface area contributed by atoms with Crippen LogP contribution in [0.25, 0.3) is 0 Å². The highest BCUT2D eigenvalue weighted by Crippen LogP contribution is 2.23. The van der Waals surface area contributed by atoms with Gasteiger partial charge in [0.15, 0.2) is 0 Å². The molecule has 24 heavy (non-hydrogen) atoms. The molecule has 1 fully saturated rings. The van der Waals surface area contributed by atoms with Gasteiger partial charge in [0.25, 0.3) is 0 Å². The van der Waals surface area contributed by atoms with Gasteiger partial charge in [0.2, 0.25) is 0 Å². The van der Waals surface area contributed by atoms with E-state index in [0.29, 0.717) is 18.4 Å². The molecule has 0 aliphatic carbocycles. The first-order valence-electron chi connectivity index (χ1n) is 8.23. The molecule has 1 aromatic heterocycles. The van der Waals surface area contributed by atoms with Crippen molar-refractivity contribution in [3.05, 3.63) is 64.7 Å². The van der Waals surface area contributed by atoms with Crippen molar-refractivity contribution in [1.29, 1.82) is 0 Å². The fourth-order valence-corrected chi connectivity index (χ4v) is 3.05. The fraction of sp³-hybridized carbons (Fsp3) is 0.368. The van der Waals surface area contributed by atoms with Crippen LogP contribution in [-0.4, -0.2) is 24.6 Å². The van der Waals surface area contributed by atoms with Crippen LogP contribution >= 0.6 is 0 Å². The summed E-state index contributed by atoms with van der Waals surface area (Å²) >= 11 is 0. The van der Waals surface area contributed by atoms with Crippen LogP contribution in [0.2, 0.25) is 0 Å². The molecule has 1 saturated heterocycles. The first-order chi connectivity index (χ1) is 11.7. The highest BCUT2D eigenvalue weighted by Gasteiger charge is 2.20. The van der Waals surface area contributed by atoms with Crippen LogP contribution in [-0.2, 0) is 17.6 Å². The lowest BCUT2D eigenvalue weighted by Gasteiger charge is -2.14. The lowest BCUT2D eigenvalue weighted by molar-refractivity contribution is 0.0598. The molecular weight excluding hydrogens is 307 g/mol. The second-order valence-electron chi connectivity index (χ2n) is 6.00.